The molecule has 0 aliphatic heterocycles. The fourth-order valence-corrected chi connectivity index (χ4v) is 4.59. The third kappa shape index (κ3) is 2.23. The van der Waals surface area contributed by atoms with Crippen LogP contribution in [0.2, 0.25) is 0 Å². The van der Waals surface area contributed by atoms with E-state index in [4.69, 9.17) is 11.6 Å². The van der Waals surface area contributed by atoms with Crippen LogP contribution in [0.3, 0.4) is 0 Å². The van der Waals surface area contributed by atoms with Gasteiger partial charge >= 0.3 is 0 Å². The molecule has 0 fully saturated rings. The largest absolute Gasteiger partial charge is 0.373 e. The van der Waals surface area contributed by atoms with Crippen LogP contribution in [-0.2, 0) is 10.0 Å². The van der Waals surface area contributed by atoms with Crippen LogP contribution in [0, 0.1) is 0 Å². The summed E-state index contributed by atoms with van der Waals surface area (Å²) in [7, 11) is -1.95. The van der Waals surface area contributed by atoms with Crippen molar-refractivity contribution in [3.63, 3.8) is 0 Å². The second kappa shape index (κ2) is 5.14. The first-order valence-corrected chi connectivity index (χ1v) is 8.64. The Balaban J connectivity index is 2.18. The van der Waals surface area contributed by atoms with Crippen molar-refractivity contribution < 1.29 is 8.42 Å². The third-order valence-corrected chi connectivity index (χ3v) is 6.38. The van der Waals surface area contributed by atoms with Crippen LogP contribution in [0.5, 0.6) is 0 Å². The molecule has 1 aliphatic rings. The van der Waals surface area contributed by atoms with Crippen LogP contribution >= 0.6 is 11.6 Å². The summed E-state index contributed by atoms with van der Waals surface area (Å²) in [5.41, 5.74) is 0.409. The minimum absolute atomic E-state index is 0.249. The molecule has 7 heteroatoms. The van der Waals surface area contributed by atoms with Gasteiger partial charge in [-0.2, -0.15) is 0 Å². The summed E-state index contributed by atoms with van der Waals surface area (Å²) in [6, 6.07) is 5.39. The van der Waals surface area contributed by atoms with Crippen LogP contribution in [0.15, 0.2) is 47.7 Å². The zero-order valence-electron chi connectivity index (χ0n) is 12.2. The minimum Gasteiger partial charge on any atom is -0.373 e. The monoisotopic (exact) mass is 337 g/mol. The van der Waals surface area contributed by atoms with Gasteiger partial charge in [0.25, 0.3) is 0 Å². The minimum atomic E-state index is -3.69. The molecule has 0 bridgehead atoms. The Morgan fingerprint density at radius 3 is 2.82 bits per heavy atom. The van der Waals surface area contributed by atoms with Gasteiger partial charge in [-0.15, -0.1) is 0 Å². The van der Waals surface area contributed by atoms with Gasteiger partial charge in [0.05, 0.1) is 0 Å². The first-order valence-electron chi connectivity index (χ1n) is 6.82. The Hall–Kier alpha value is -1.79. The molecule has 0 aromatic carbocycles. The predicted octanol–water partition coefficient (Wildman–Crippen LogP) is 3.10. The Morgan fingerprint density at radius 2 is 2.14 bits per heavy atom. The molecule has 0 saturated carbocycles. The molecule has 1 aliphatic carbocycles. The van der Waals surface area contributed by atoms with Crippen molar-refractivity contribution in [1.82, 2.24) is 8.96 Å². The lowest BCUT2D eigenvalue weighted by atomic mass is 10.0. The number of nitrogens with one attached hydrogen (secondary N) is 1. The average molecular weight is 338 g/mol. The molecule has 1 unspecified atom stereocenters. The van der Waals surface area contributed by atoms with Gasteiger partial charge in [-0.25, -0.2) is 17.4 Å². The normalized spacial score (nSPS) is 21.9. The van der Waals surface area contributed by atoms with E-state index in [1.165, 1.54) is 10.2 Å². The zero-order chi connectivity index (χ0) is 16.0. The van der Waals surface area contributed by atoms with Crippen LogP contribution in [0.25, 0.3) is 11.0 Å². The summed E-state index contributed by atoms with van der Waals surface area (Å²) < 4.78 is 26.3. The molecule has 0 amide bonds. The quantitative estimate of drug-likeness (QED) is 0.934. The number of pyridine rings is 1. The standard InChI is InChI=1S/C15H16ClN3O2S/c1-15(8-3-4-12(16)10-15)22(20,21)19-9-7-11-5-6-13(17-2)18-14(11)19/h3-9H,10H2,1-2H3,(H,17,18). The molecular formula is C15H16ClN3O2S. The second-order valence-electron chi connectivity index (χ2n) is 5.44. The number of nitrogens with zero attached hydrogens (tertiary/aromatic N) is 2. The Labute approximate surface area is 134 Å². The molecule has 2 heterocycles. The molecule has 22 heavy (non-hydrogen) atoms. The molecule has 0 saturated heterocycles. The van der Waals surface area contributed by atoms with Crippen LogP contribution < -0.4 is 5.32 Å². The van der Waals surface area contributed by atoms with Gasteiger partial charge in [0.15, 0.2) is 5.65 Å². The van der Waals surface area contributed by atoms with Crippen molar-refractivity contribution >= 4 is 38.5 Å². The maximum atomic E-state index is 13.1. The van der Waals surface area contributed by atoms with E-state index in [9.17, 15) is 8.42 Å². The van der Waals surface area contributed by atoms with Gasteiger partial charge in [0.2, 0.25) is 10.0 Å². The maximum Gasteiger partial charge on any atom is 0.249 e. The highest BCUT2D eigenvalue weighted by Crippen LogP contribution is 2.35. The van der Waals surface area contributed by atoms with Gasteiger partial charge in [-0.05, 0) is 31.2 Å². The van der Waals surface area contributed by atoms with Crippen LogP contribution in [0.1, 0.15) is 13.3 Å². The highest BCUT2D eigenvalue weighted by Gasteiger charge is 2.40. The topological polar surface area (TPSA) is 64.0 Å². The summed E-state index contributed by atoms with van der Waals surface area (Å²) in [5, 5.41) is 4.21. The van der Waals surface area contributed by atoms with Gasteiger partial charge in [-0.1, -0.05) is 23.8 Å². The Morgan fingerprint density at radius 1 is 1.36 bits per heavy atom. The average Bonchev–Trinajstić information content (AvgIpc) is 2.90. The SMILES string of the molecule is CNc1ccc2ccn(S(=O)(=O)C3(C)C=CC=C(Cl)C3)c2n1. The highest BCUT2D eigenvalue weighted by molar-refractivity contribution is 7.91. The maximum absolute atomic E-state index is 13.1. The summed E-state index contributed by atoms with van der Waals surface area (Å²) in [5.74, 6) is 0.616. The predicted molar refractivity (Wildman–Crippen MR) is 89.7 cm³/mol. The lowest BCUT2D eigenvalue weighted by Crippen LogP contribution is -2.38. The van der Waals surface area contributed by atoms with Crippen LogP contribution in [0.4, 0.5) is 5.82 Å². The van der Waals surface area contributed by atoms with Crippen molar-refractivity contribution in [2.45, 2.75) is 18.1 Å². The smallest absolute Gasteiger partial charge is 0.249 e. The Bertz CT molecular complexity index is 899. The van der Waals surface area contributed by atoms with Crippen molar-refractivity contribution in [3.05, 3.63) is 47.7 Å². The molecule has 1 atom stereocenters. The summed E-state index contributed by atoms with van der Waals surface area (Å²) in [4.78, 5) is 4.37. The van der Waals surface area contributed by atoms with E-state index in [0.717, 1.165) is 5.39 Å². The fraction of sp³-hybridized carbons (Fsp3) is 0.267. The second-order valence-corrected chi connectivity index (χ2v) is 8.20. The molecular weight excluding hydrogens is 322 g/mol. The number of anilines is 1. The van der Waals surface area contributed by atoms with Crippen LogP contribution in [-0.4, -0.2) is 29.2 Å². The third-order valence-electron chi connectivity index (χ3n) is 3.85. The van der Waals surface area contributed by atoms with E-state index in [0.29, 0.717) is 16.5 Å². The van der Waals surface area contributed by atoms with E-state index in [-0.39, 0.29) is 6.42 Å². The number of hydrogen-bond donors (Lipinski definition) is 1. The van der Waals surface area contributed by atoms with E-state index < -0.39 is 14.8 Å². The van der Waals surface area contributed by atoms with Crippen molar-refractivity contribution in [3.8, 4) is 0 Å². The molecule has 3 rings (SSSR count). The first-order chi connectivity index (χ1) is 10.4. The van der Waals surface area contributed by atoms with Crippen molar-refractivity contribution in [2.24, 2.45) is 0 Å². The van der Waals surface area contributed by atoms with E-state index in [1.54, 1.807) is 44.3 Å². The molecule has 0 spiro atoms. The van der Waals surface area contributed by atoms with E-state index in [2.05, 4.69) is 10.3 Å². The Kier molecular flexibility index (Phi) is 3.53. The zero-order valence-corrected chi connectivity index (χ0v) is 13.8. The number of rotatable bonds is 3. The summed E-state index contributed by atoms with van der Waals surface area (Å²) in [6.07, 6.45) is 6.85. The van der Waals surface area contributed by atoms with Gasteiger partial charge < -0.3 is 5.32 Å². The fourth-order valence-electron chi connectivity index (χ4n) is 2.53. The number of halogens is 1. The summed E-state index contributed by atoms with van der Waals surface area (Å²) in [6.45, 7) is 1.67. The molecule has 116 valence electrons. The van der Waals surface area contributed by atoms with Gasteiger partial charge in [0.1, 0.15) is 10.6 Å². The number of fused-ring (bicyclic) bond motifs is 1. The molecule has 5 nitrogen and oxygen atoms in total. The molecule has 2 aromatic heterocycles. The van der Waals surface area contributed by atoms with E-state index >= 15 is 0 Å². The molecule has 1 N–H and O–H groups in total. The molecule has 0 radical (unpaired) electrons. The number of allylic oxidation sites excluding steroid dienone is 3. The molecule has 2 aromatic rings. The number of hydrogen-bond acceptors (Lipinski definition) is 4. The summed E-state index contributed by atoms with van der Waals surface area (Å²) >= 11 is 6.04. The number of aromatic nitrogens is 2. The highest BCUT2D eigenvalue weighted by atomic mass is 35.5. The van der Waals surface area contributed by atoms with E-state index in [1.807, 2.05) is 6.07 Å². The van der Waals surface area contributed by atoms with Crippen molar-refractivity contribution in [2.75, 3.05) is 12.4 Å². The van der Waals surface area contributed by atoms with Gasteiger partial charge in [0, 0.05) is 30.1 Å². The lowest BCUT2D eigenvalue weighted by molar-refractivity contribution is 0.553. The van der Waals surface area contributed by atoms with Crippen molar-refractivity contribution in [1.29, 1.82) is 0 Å². The lowest BCUT2D eigenvalue weighted by Gasteiger charge is -2.28. The first kappa shape index (κ1) is 15.1. The van der Waals surface area contributed by atoms with Gasteiger partial charge in [-0.3, -0.25) is 0 Å².